The van der Waals surface area contributed by atoms with E-state index in [2.05, 4.69) is 41.0 Å². The highest BCUT2D eigenvalue weighted by Crippen LogP contribution is 2.17. The van der Waals surface area contributed by atoms with Crippen LogP contribution >= 0.6 is 0 Å². The van der Waals surface area contributed by atoms with Gasteiger partial charge in [-0.25, -0.2) is 0 Å². The average Bonchev–Trinajstić information content (AvgIpc) is 3.59. The Kier molecular flexibility index (Phi) is 8.70. The first-order valence-electron chi connectivity index (χ1n) is 10.4. The fourth-order valence-corrected chi connectivity index (χ4v) is 3.57. The molecule has 6 heteroatoms. The van der Waals surface area contributed by atoms with Crippen LogP contribution in [0.3, 0.4) is 0 Å². The minimum atomic E-state index is 0.219. The highest BCUT2D eigenvalue weighted by atomic mass is 16.6. The molecule has 0 bridgehead atoms. The molecule has 2 saturated heterocycles. The first-order chi connectivity index (χ1) is 13.7. The normalized spacial score (nSPS) is 22.0. The number of hydrogen-bond donors (Lipinski definition) is 0. The molecular weight excluding hydrogens is 356 g/mol. The molecule has 0 amide bonds. The standard InChI is InChI=1S/C22H36N2O4/c1-18(26-3)11-24(15-22-17-28-22)13-20-7-4-6-19(10-20)12-23(8-5-9-25-2)14-21-16-27-21/h4,6-7,10,18,21-22H,5,8-9,11-17H2,1-3H3. The Labute approximate surface area is 169 Å². The minimum absolute atomic E-state index is 0.219. The molecule has 3 atom stereocenters. The summed E-state index contributed by atoms with van der Waals surface area (Å²) in [7, 11) is 3.54. The molecule has 0 radical (unpaired) electrons. The largest absolute Gasteiger partial charge is 0.385 e. The summed E-state index contributed by atoms with van der Waals surface area (Å²) in [4.78, 5) is 4.93. The van der Waals surface area contributed by atoms with Gasteiger partial charge in [0.1, 0.15) is 0 Å². The zero-order valence-electron chi connectivity index (χ0n) is 17.6. The minimum Gasteiger partial charge on any atom is -0.385 e. The van der Waals surface area contributed by atoms with Crippen molar-refractivity contribution in [3.63, 3.8) is 0 Å². The van der Waals surface area contributed by atoms with E-state index in [1.807, 2.05) is 0 Å². The highest BCUT2D eigenvalue weighted by molar-refractivity contribution is 5.23. The van der Waals surface area contributed by atoms with E-state index >= 15 is 0 Å². The molecule has 0 aliphatic carbocycles. The van der Waals surface area contributed by atoms with E-state index < -0.39 is 0 Å². The molecule has 0 saturated carbocycles. The predicted octanol–water partition coefficient (Wildman–Crippen LogP) is 2.16. The fourth-order valence-electron chi connectivity index (χ4n) is 3.57. The summed E-state index contributed by atoms with van der Waals surface area (Å²) in [6.45, 7) is 10.5. The summed E-state index contributed by atoms with van der Waals surface area (Å²) < 4.78 is 21.6. The molecule has 1 aromatic rings. The van der Waals surface area contributed by atoms with Crippen molar-refractivity contribution < 1.29 is 18.9 Å². The first kappa shape index (κ1) is 21.7. The maximum Gasteiger partial charge on any atom is 0.0936 e. The second-order valence-corrected chi connectivity index (χ2v) is 8.05. The van der Waals surface area contributed by atoms with Gasteiger partial charge >= 0.3 is 0 Å². The van der Waals surface area contributed by atoms with E-state index in [0.29, 0.717) is 12.2 Å². The Balaban J connectivity index is 1.57. The third-order valence-electron chi connectivity index (χ3n) is 5.27. The second-order valence-electron chi connectivity index (χ2n) is 8.05. The van der Waals surface area contributed by atoms with Crippen LogP contribution in [0.4, 0.5) is 0 Å². The fraction of sp³-hybridized carbons (Fsp3) is 0.727. The van der Waals surface area contributed by atoms with E-state index in [1.54, 1.807) is 14.2 Å². The van der Waals surface area contributed by atoms with Gasteiger partial charge in [0.25, 0.3) is 0 Å². The van der Waals surface area contributed by atoms with E-state index in [0.717, 1.165) is 65.5 Å². The molecular formula is C22H36N2O4. The Morgan fingerprint density at radius 3 is 2.21 bits per heavy atom. The van der Waals surface area contributed by atoms with E-state index in [4.69, 9.17) is 18.9 Å². The Morgan fingerprint density at radius 1 is 1.04 bits per heavy atom. The van der Waals surface area contributed by atoms with Gasteiger partial charge in [0.15, 0.2) is 0 Å². The van der Waals surface area contributed by atoms with Crippen LogP contribution in [0.25, 0.3) is 0 Å². The van der Waals surface area contributed by atoms with Crippen molar-refractivity contribution in [1.82, 2.24) is 9.80 Å². The molecule has 2 fully saturated rings. The van der Waals surface area contributed by atoms with Gasteiger partial charge < -0.3 is 18.9 Å². The first-order valence-corrected chi connectivity index (χ1v) is 10.4. The van der Waals surface area contributed by atoms with Gasteiger partial charge in [0.2, 0.25) is 0 Å². The van der Waals surface area contributed by atoms with Crippen molar-refractivity contribution >= 4 is 0 Å². The van der Waals surface area contributed by atoms with Crippen molar-refractivity contribution in [2.24, 2.45) is 0 Å². The molecule has 6 nitrogen and oxygen atoms in total. The summed E-state index contributed by atoms with van der Waals surface area (Å²) in [6, 6.07) is 8.97. The van der Waals surface area contributed by atoms with Crippen LogP contribution in [0.15, 0.2) is 24.3 Å². The number of epoxide rings is 2. The van der Waals surface area contributed by atoms with Gasteiger partial charge in [0, 0.05) is 60.1 Å². The van der Waals surface area contributed by atoms with Crippen molar-refractivity contribution in [3.05, 3.63) is 35.4 Å². The number of hydrogen-bond acceptors (Lipinski definition) is 6. The van der Waals surface area contributed by atoms with Gasteiger partial charge in [-0.1, -0.05) is 24.3 Å². The molecule has 3 unspecified atom stereocenters. The van der Waals surface area contributed by atoms with Gasteiger partial charge in [0.05, 0.1) is 31.5 Å². The molecule has 1 aromatic carbocycles. The lowest BCUT2D eigenvalue weighted by molar-refractivity contribution is 0.0714. The van der Waals surface area contributed by atoms with Gasteiger partial charge in [-0.15, -0.1) is 0 Å². The highest BCUT2D eigenvalue weighted by Gasteiger charge is 2.27. The Bertz CT molecular complexity index is 577. The lowest BCUT2D eigenvalue weighted by Crippen LogP contribution is -2.34. The van der Waals surface area contributed by atoms with Crippen LogP contribution in [-0.4, -0.2) is 88.3 Å². The average molecular weight is 393 g/mol. The SMILES string of the molecule is COCCCN(Cc1cccc(CN(CC(C)OC)CC2CO2)c1)CC1CO1. The van der Waals surface area contributed by atoms with Gasteiger partial charge in [-0.3, -0.25) is 9.80 Å². The number of methoxy groups -OCH3 is 2. The lowest BCUT2D eigenvalue weighted by Gasteiger charge is -2.25. The van der Waals surface area contributed by atoms with Crippen molar-refractivity contribution in [1.29, 1.82) is 0 Å². The van der Waals surface area contributed by atoms with Crippen molar-refractivity contribution in [2.45, 2.75) is 44.7 Å². The zero-order valence-corrected chi connectivity index (χ0v) is 17.6. The van der Waals surface area contributed by atoms with Crippen LogP contribution in [0.5, 0.6) is 0 Å². The Morgan fingerprint density at radius 2 is 1.64 bits per heavy atom. The molecule has 0 spiro atoms. The summed E-state index contributed by atoms with van der Waals surface area (Å²) in [5.74, 6) is 0. The second kappa shape index (κ2) is 11.2. The molecule has 158 valence electrons. The van der Waals surface area contributed by atoms with Gasteiger partial charge in [-0.05, 0) is 24.5 Å². The van der Waals surface area contributed by atoms with Crippen LogP contribution in [0, 0.1) is 0 Å². The number of ether oxygens (including phenoxy) is 4. The van der Waals surface area contributed by atoms with E-state index in [9.17, 15) is 0 Å². The molecule has 2 heterocycles. The molecule has 0 N–H and O–H groups in total. The molecule has 0 aromatic heterocycles. The molecule has 2 aliphatic rings. The van der Waals surface area contributed by atoms with Crippen LogP contribution < -0.4 is 0 Å². The van der Waals surface area contributed by atoms with Crippen LogP contribution in [-0.2, 0) is 32.0 Å². The Hall–Kier alpha value is -1.02. The number of rotatable bonds is 15. The summed E-state index contributed by atoms with van der Waals surface area (Å²) in [6.07, 6.45) is 2.07. The predicted molar refractivity (Wildman–Crippen MR) is 109 cm³/mol. The zero-order chi connectivity index (χ0) is 19.8. The topological polar surface area (TPSA) is 50.0 Å². The number of benzene rings is 1. The van der Waals surface area contributed by atoms with Crippen LogP contribution in [0.2, 0.25) is 0 Å². The van der Waals surface area contributed by atoms with Crippen molar-refractivity contribution in [3.8, 4) is 0 Å². The van der Waals surface area contributed by atoms with Crippen LogP contribution in [0.1, 0.15) is 24.5 Å². The molecule has 3 rings (SSSR count). The monoisotopic (exact) mass is 392 g/mol. The third kappa shape index (κ3) is 8.15. The quantitative estimate of drug-likeness (QED) is 0.337. The summed E-state index contributed by atoms with van der Waals surface area (Å²) in [5, 5.41) is 0. The molecule has 28 heavy (non-hydrogen) atoms. The lowest BCUT2D eigenvalue weighted by atomic mass is 10.1. The maximum absolute atomic E-state index is 5.48. The summed E-state index contributed by atoms with van der Waals surface area (Å²) in [5.41, 5.74) is 2.71. The van der Waals surface area contributed by atoms with E-state index in [-0.39, 0.29) is 6.10 Å². The van der Waals surface area contributed by atoms with Crippen molar-refractivity contribution in [2.75, 3.05) is 60.2 Å². The smallest absolute Gasteiger partial charge is 0.0936 e. The summed E-state index contributed by atoms with van der Waals surface area (Å²) >= 11 is 0. The van der Waals surface area contributed by atoms with Gasteiger partial charge in [-0.2, -0.15) is 0 Å². The maximum atomic E-state index is 5.48. The van der Waals surface area contributed by atoms with E-state index in [1.165, 1.54) is 11.1 Å². The molecule has 2 aliphatic heterocycles. The third-order valence-corrected chi connectivity index (χ3v) is 5.27. The number of nitrogens with zero attached hydrogens (tertiary/aromatic N) is 2.